The van der Waals surface area contributed by atoms with Gasteiger partial charge in [0.15, 0.2) is 0 Å². The Morgan fingerprint density at radius 2 is 2.22 bits per heavy atom. The van der Waals surface area contributed by atoms with Crippen LogP contribution in [0.5, 0.6) is 0 Å². The molecule has 0 heterocycles. The molecule has 0 unspecified atom stereocenters. The van der Waals surface area contributed by atoms with E-state index in [4.69, 9.17) is 0 Å². The summed E-state index contributed by atoms with van der Waals surface area (Å²) in [6.45, 7) is 0.744. The molecule has 9 heavy (non-hydrogen) atoms. The molecule has 1 N–H and O–H groups in total. The molecule has 0 amide bonds. The van der Waals surface area contributed by atoms with Crippen LogP contribution in [0, 0.1) is 0 Å². The van der Waals surface area contributed by atoms with Gasteiger partial charge in [0.25, 0.3) is 0 Å². The summed E-state index contributed by atoms with van der Waals surface area (Å²) in [6.07, 6.45) is 0.805. The van der Waals surface area contributed by atoms with Crippen LogP contribution in [0.15, 0.2) is 0 Å². The normalized spacial score (nSPS) is 8.11. The van der Waals surface area contributed by atoms with Crippen molar-refractivity contribution in [2.24, 2.45) is 0 Å². The minimum Gasteiger partial charge on any atom is -0.550 e. The van der Waals surface area contributed by atoms with E-state index < -0.39 is 5.97 Å². The van der Waals surface area contributed by atoms with E-state index in [0.29, 0.717) is 6.42 Å². The van der Waals surface area contributed by atoms with Crippen LogP contribution < -0.4 is 61.8 Å². The number of rotatable bonds is 4. The fourth-order valence-electron chi connectivity index (χ4n) is 0.410. The van der Waals surface area contributed by atoms with Crippen molar-refractivity contribution in [3.05, 3.63) is 0 Å². The Kier molecular flexibility index (Phi) is 12.8. The van der Waals surface area contributed by atoms with E-state index in [9.17, 15) is 9.90 Å². The smallest absolute Gasteiger partial charge is 0.550 e. The van der Waals surface area contributed by atoms with Crippen molar-refractivity contribution in [3.8, 4) is 0 Å². The van der Waals surface area contributed by atoms with Crippen molar-refractivity contribution in [3.63, 3.8) is 0 Å². The molecule has 48 valence electrons. The first-order valence-corrected chi connectivity index (χ1v) is 2.62. The van der Waals surface area contributed by atoms with Gasteiger partial charge in [0.1, 0.15) is 0 Å². The number of hydrogen-bond acceptors (Lipinski definition) is 3. The van der Waals surface area contributed by atoms with Gasteiger partial charge in [0, 0.05) is 5.97 Å². The number of carboxylic acid groups (broad SMARTS) is 1. The zero-order valence-corrected chi connectivity index (χ0v) is 9.06. The molecule has 0 fully saturated rings. The van der Waals surface area contributed by atoms with E-state index >= 15 is 0 Å². The number of carboxylic acids is 1. The molecule has 0 bridgehead atoms. The Bertz CT molecular complexity index is 77.4. The Labute approximate surface area is 97.6 Å². The van der Waals surface area contributed by atoms with Crippen molar-refractivity contribution in [1.82, 2.24) is 5.32 Å². The molecule has 3 nitrogen and oxygen atoms in total. The molecule has 0 aromatic carbocycles. The van der Waals surface area contributed by atoms with Crippen molar-refractivity contribution in [2.75, 3.05) is 13.6 Å². The number of carbonyl (C=O) groups excluding carboxylic acids is 1. The van der Waals surface area contributed by atoms with E-state index in [1.165, 1.54) is 0 Å². The zero-order valence-electron chi connectivity index (χ0n) is 5.94. The Morgan fingerprint density at radius 1 is 1.67 bits per heavy atom. The summed E-state index contributed by atoms with van der Waals surface area (Å²) in [5.74, 6) is -0.972. The first-order chi connectivity index (χ1) is 3.77. The van der Waals surface area contributed by atoms with Crippen molar-refractivity contribution in [2.45, 2.75) is 12.8 Å². The predicted molar refractivity (Wildman–Crippen MR) is 28.2 cm³/mol. The third kappa shape index (κ3) is 12.3. The molecule has 0 aliphatic rings. The molecule has 0 aromatic heterocycles. The van der Waals surface area contributed by atoms with E-state index in [1.54, 1.807) is 7.05 Å². The van der Waals surface area contributed by atoms with Gasteiger partial charge in [0.05, 0.1) is 0 Å². The minimum absolute atomic E-state index is 0. The maximum Gasteiger partial charge on any atom is 1.00 e. The van der Waals surface area contributed by atoms with E-state index in [1.807, 2.05) is 0 Å². The Morgan fingerprint density at radius 3 is 2.56 bits per heavy atom. The predicted octanol–water partition coefficient (Wildman–Crippen LogP) is -4.26. The average molecular weight is 155 g/mol. The molecular weight excluding hydrogens is 145 g/mol. The van der Waals surface area contributed by atoms with Crippen molar-refractivity contribution in [1.29, 1.82) is 0 Å². The number of aliphatic carboxylic acids is 1. The van der Waals surface area contributed by atoms with Gasteiger partial charge in [-0.15, -0.1) is 0 Å². The fourth-order valence-corrected chi connectivity index (χ4v) is 0.410. The van der Waals surface area contributed by atoms with Crippen molar-refractivity contribution >= 4 is 5.97 Å². The summed E-state index contributed by atoms with van der Waals surface area (Å²) < 4.78 is 0. The van der Waals surface area contributed by atoms with Crippen LogP contribution in [0.4, 0.5) is 0 Å². The van der Waals surface area contributed by atoms with Gasteiger partial charge >= 0.3 is 51.4 Å². The van der Waals surface area contributed by atoms with Crippen LogP contribution in [0.2, 0.25) is 0 Å². The second-order valence-electron chi connectivity index (χ2n) is 1.58. The first-order valence-electron chi connectivity index (χ1n) is 2.62. The molecule has 0 aromatic rings. The van der Waals surface area contributed by atoms with Gasteiger partial charge in [-0.2, -0.15) is 0 Å². The van der Waals surface area contributed by atoms with Gasteiger partial charge < -0.3 is 15.2 Å². The van der Waals surface area contributed by atoms with Gasteiger partial charge in [-0.1, -0.05) is 0 Å². The van der Waals surface area contributed by atoms with E-state index in [2.05, 4.69) is 5.32 Å². The third-order valence-corrected chi connectivity index (χ3v) is 0.808. The molecule has 0 saturated carbocycles. The van der Waals surface area contributed by atoms with Crippen LogP contribution in [0.3, 0.4) is 0 Å². The summed E-state index contributed by atoms with van der Waals surface area (Å²) >= 11 is 0. The van der Waals surface area contributed by atoms with Crippen LogP contribution in [-0.4, -0.2) is 19.6 Å². The van der Waals surface area contributed by atoms with Crippen LogP contribution >= 0.6 is 0 Å². The van der Waals surface area contributed by atoms with Gasteiger partial charge in [0.2, 0.25) is 0 Å². The van der Waals surface area contributed by atoms with Crippen LogP contribution in [0.1, 0.15) is 12.8 Å². The quantitative estimate of drug-likeness (QED) is 0.330. The zero-order chi connectivity index (χ0) is 6.41. The summed E-state index contributed by atoms with van der Waals surface area (Å²) in [7, 11) is 1.79. The summed E-state index contributed by atoms with van der Waals surface area (Å²) in [5, 5.41) is 12.6. The monoisotopic (exact) mass is 155 g/mol. The molecular formula is C5H10KNO2. The maximum atomic E-state index is 9.74. The van der Waals surface area contributed by atoms with Crippen molar-refractivity contribution < 1.29 is 61.3 Å². The van der Waals surface area contributed by atoms with E-state index in [-0.39, 0.29) is 57.8 Å². The second kappa shape index (κ2) is 9.07. The second-order valence-corrected chi connectivity index (χ2v) is 1.58. The molecule has 0 rings (SSSR count). The summed E-state index contributed by atoms with van der Waals surface area (Å²) in [5.41, 5.74) is 0. The largest absolute Gasteiger partial charge is 1.00 e. The van der Waals surface area contributed by atoms with Crippen LogP contribution in [0.25, 0.3) is 0 Å². The van der Waals surface area contributed by atoms with Gasteiger partial charge in [-0.25, -0.2) is 0 Å². The fraction of sp³-hybridized carbons (Fsp3) is 0.800. The topological polar surface area (TPSA) is 52.2 Å². The number of hydrogen-bond donors (Lipinski definition) is 1. The standard InChI is InChI=1S/C5H11NO2.K/c1-6-4-2-3-5(7)8;/h6H,2-4H2,1H3,(H,7,8);/q;+1/p-1. The maximum absolute atomic E-state index is 9.74. The molecule has 0 radical (unpaired) electrons. The average Bonchev–Trinajstić information content (AvgIpc) is 1.66. The first kappa shape index (κ1) is 12.7. The Balaban J connectivity index is 0. The molecule has 0 atom stereocenters. The third-order valence-electron chi connectivity index (χ3n) is 0.808. The molecule has 4 heteroatoms. The molecule has 0 saturated heterocycles. The molecule has 0 aliphatic carbocycles. The van der Waals surface area contributed by atoms with Gasteiger partial charge in [-0.05, 0) is 26.4 Å². The number of carbonyl (C=O) groups is 1. The van der Waals surface area contributed by atoms with E-state index in [0.717, 1.165) is 6.54 Å². The number of nitrogens with one attached hydrogen (secondary N) is 1. The molecule has 0 aliphatic heterocycles. The van der Waals surface area contributed by atoms with Gasteiger partial charge in [-0.3, -0.25) is 0 Å². The summed E-state index contributed by atoms with van der Waals surface area (Å²) in [4.78, 5) is 9.74. The Hall–Kier alpha value is 1.07. The van der Waals surface area contributed by atoms with Crippen LogP contribution in [-0.2, 0) is 4.79 Å². The minimum atomic E-state index is -0.972. The molecule has 0 spiro atoms. The SMILES string of the molecule is CNCCCC(=O)[O-].[K+]. The summed E-state index contributed by atoms with van der Waals surface area (Å²) in [6, 6.07) is 0.